The Morgan fingerprint density at radius 2 is 2.00 bits per heavy atom. The molecule has 2 aromatic rings. The van der Waals surface area contributed by atoms with Crippen LogP contribution in [0.2, 0.25) is 0 Å². The number of sulfone groups is 1. The molecule has 0 N–H and O–H groups in total. The van der Waals surface area contributed by atoms with Crippen molar-refractivity contribution in [3.63, 3.8) is 0 Å². The first kappa shape index (κ1) is 17.9. The van der Waals surface area contributed by atoms with Gasteiger partial charge in [-0.3, -0.25) is 9.88 Å². The van der Waals surface area contributed by atoms with Gasteiger partial charge in [-0.25, -0.2) is 8.42 Å². The summed E-state index contributed by atoms with van der Waals surface area (Å²) in [4.78, 5) is 7.15. The first-order valence-electron chi connectivity index (χ1n) is 8.47. The van der Waals surface area contributed by atoms with E-state index in [2.05, 4.69) is 22.0 Å². The Hall–Kier alpha value is -1.92. The third-order valence-corrected chi connectivity index (χ3v) is 5.80. The Balaban J connectivity index is 1.75. The van der Waals surface area contributed by atoms with Crippen molar-refractivity contribution in [1.82, 2.24) is 9.88 Å². The maximum absolute atomic E-state index is 12.1. The van der Waals surface area contributed by atoms with Gasteiger partial charge in [0.15, 0.2) is 9.84 Å². The lowest BCUT2D eigenvalue weighted by Gasteiger charge is -2.33. The van der Waals surface area contributed by atoms with Gasteiger partial charge >= 0.3 is 0 Å². The smallest absolute Gasteiger partial charge is 0.177 e. The van der Waals surface area contributed by atoms with Crippen molar-refractivity contribution >= 4 is 9.84 Å². The van der Waals surface area contributed by atoms with Gasteiger partial charge in [-0.05, 0) is 49.2 Å². The van der Waals surface area contributed by atoms with E-state index >= 15 is 0 Å². The highest BCUT2D eigenvalue weighted by atomic mass is 32.2. The fraction of sp³-hybridized carbons (Fsp3) is 0.421. The molecule has 1 atom stereocenters. The predicted octanol–water partition coefficient (Wildman–Crippen LogP) is 2.87. The monoisotopic (exact) mass is 360 g/mol. The van der Waals surface area contributed by atoms with E-state index < -0.39 is 9.84 Å². The molecule has 134 valence electrons. The molecule has 0 bridgehead atoms. The minimum Gasteiger partial charge on any atom is -0.497 e. The van der Waals surface area contributed by atoms with Crippen molar-refractivity contribution in [1.29, 1.82) is 0 Å². The van der Waals surface area contributed by atoms with Gasteiger partial charge < -0.3 is 4.74 Å². The molecule has 1 aliphatic heterocycles. The number of ether oxygens (including phenoxy) is 1. The van der Waals surface area contributed by atoms with Gasteiger partial charge in [-0.2, -0.15) is 0 Å². The van der Waals surface area contributed by atoms with Crippen LogP contribution in [-0.4, -0.2) is 44.8 Å². The van der Waals surface area contributed by atoms with Crippen LogP contribution in [0, 0.1) is 0 Å². The molecular weight excluding hydrogens is 336 g/mol. The molecule has 0 radical (unpaired) electrons. The molecule has 0 unspecified atom stereocenters. The summed E-state index contributed by atoms with van der Waals surface area (Å²) in [5, 5.41) is 0. The standard InChI is InChI=1S/C19H24N2O3S/c1-24-17-9-7-15(8-10-17)13-21-12-4-5-16(14-21)19-18(25(2,22)23)6-3-11-20-19/h3,6-11,16H,4-5,12-14H2,1-2H3/t16-/m1/s1. The number of hydrogen-bond donors (Lipinski definition) is 0. The van der Waals surface area contributed by atoms with Crippen LogP contribution < -0.4 is 4.74 Å². The number of benzene rings is 1. The van der Waals surface area contributed by atoms with E-state index in [4.69, 9.17) is 4.74 Å². The van der Waals surface area contributed by atoms with Gasteiger partial charge in [0.25, 0.3) is 0 Å². The number of rotatable bonds is 5. The summed E-state index contributed by atoms with van der Waals surface area (Å²) < 4.78 is 29.3. The number of aromatic nitrogens is 1. The topological polar surface area (TPSA) is 59.5 Å². The largest absolute Gasteiger partial charge is 0.497 e. The number of nitrogens with zero attached hydrogens (tertiary/aromatic N) is 2. The molecule has 1 fully saturated rings. The number of likely N-dealkylation sites (tertiary alicyclic amines) is 1. The predicted molar refractivity (Wildman–Crippen MR) is 97.6 cm³/mol. The highest BCUT2D eigenvalue weighted by Gasteiger charge is 2.27. The number of piperidine rings is 1. The van der Waals surface area contributed by atoms with Crippen LogP contribution in [-0.2, 0) is 16.4 Å². The van der Waals surface area contributed by atoms with E-state index in [1.54, 1.807) is 25.4 Å². The van der Waals surface area contributed by atoms with Crippen molar-refractivity contribution in [3.8, 4) is 5.75 Å². The molecule has 5 nitrogen and oxygen atoms in total. The molecular formula is C19H24N2O3S. The van der Waals surface area contributed by atoms with Crippen molar-refractivity contribution in [3.05, 3.63) is 53.9 Å². The Labute approximate surface area is 149 Å². The fourth-order valence-electron chi connectivity index (χ4n) is 3.43. The van der Waals surface area contributed by atoms with E-state index in [0.29, 0.717) is 10.6 Å². The minimum absolute atomic E-state index is 0.151. The maximum atomic E-state index is 12.1. The molecule has 1 saturated heterocycles. The van der Waals surface area contributed by atoms with Crippen LogP contribution >= 0.6 is 0 Å². The maximum Gasteiger partial charge on any atom is 0.177 e. The number of hydrogen-bond acceptors (Lipinski definition) is 5. The molecule has 0 saturated carbocycles. The van der Waals surface area contributed by atoms with Crippen LogP contribution in [0.3, 0.4) is 0 Å². The zero-order valence-corrected chi connectivity index (χ0v) is 15.5. The molecule has 0 spiro atoms. The van der Waals surface area contributed by atoms with Crippen molar-refractivity contribution in [2.75, 3.05) is 26.5 Å². The second-order valence-electron chi connectivity index (χ2n) is 6.58. The molecule has 1 aliphatic rings. The highest BCUT2D eigenvalue weighted by molar-refractivity contribution is 7.90. The zero-order chi connectivity index (χ0) is 17.9. The summed E-state index contributed by atoms with van der Waals surface area (Å²) >= 11 is 0. The van der Waals surface area contributed by atoms with E-state index in [0.717, 1.165) is 38.2 Å². The minimum atomic E-state index is -3.26. The Morgan fingerprint density at radius 3 is 2.68 bits per heavy atom. The molecule has 3 rings (SSSR count). The molecule has 1 aromatic heterocycles. The molecule has 1 aromatic carbocycles. The second kappa shape index (κ2) is 7.54. The van der Waals surface area contributed by atoms with Crippen LogP contribution in [0.25, 0.3) is 0 Å². The molecule has 2 heterocycles. The SMILES string of the molecule is COc1ccc(CN2CCC[C@@H](c3ncccc3S(C)(=O)=O)C2)cc1. The second-order valence-corrected chi connectivity index (χ2v) is 8.57. The molecule has 6 heteroatoms. The Bertz CT molecular complexity index is 819. The van der Waals surface area contributed by atoms with Gasteiger partial charge in [0.05, 0.1) is 17.7 Å². The summed E-state index contributed by atoms with van der Waals surface area (Å²) in [6.45, 7) is 2.69. The Morgan fingerprint density at radius 1 is 1.24 bits per heavy atom. The summed E-state index contributed by atoms with van der Waals surface area (Å²) in [5.74, 6) is 1.00. The third-order valence-electron chi connectivity index (χ3n) is 4.66. The van der Waals surface area contributed by atoms with Gasteiger partial charge in [0.1, 0.15) is 5.75 Å². The lowest BCUT2D eigenvalue weighted by Crippen LogP contribution is -2.34. The molecule has 0 aliphatic carbocycles. The number of methoxy groups -OCH3 is 1. The van der Waals surface area contributed by atoms with Crippen LogP contribution in [0.15, 0.2) is 47.5 Å². The van der Waals surface area contributed by atoms with Crippen molar-refractivity contribution in [2.45, 2.75) is 30.2 Å². The average Bonchev–Trinajstić information content (AvgIpc) is 2.62. The quantitative estimate of drug-likeness (QED) is 0.820. The summed E-state index contributed by atoms with van der Waals surface area (Å²) in [5.41, 5.74) is 1.94. The van der Waals surface area contributed by atoms with Gasteiger partial charge in [-0.1, -0.05) is 12.1 Å². The van der Waals surface area contributed by atoms with Gasteiger partial charge in [0.2, 0.25) is 0 Å². The summed E-state index contributed by atoms with van der Waals surface area (Å²) in [7, 11) is -1.60. The van der Waals surface area contributed by atoms with E-state index in [1.807, 2.05) is 12.1 Å². The van der Waals surface area contributed by atoms with E-state index in [1.165, 1.54) is 11.8 Å². The lowest BCUT2D eigenvalue weighted by molar-refractivity contribution is 0.197. The Kier molecular flexibility index (Phi) is 5.39. The summed E-state index contributed by atoms with van der Waals surface area (Å²) in [6, 6.07) is 11.4. The fourth-order valence-corrected chi connectivity index (χ4v) is 4.36. The number of pyridine rings is 1. The van der Waals surface area contributed by atoms with Crippen molar-refractivity contribution < 1.29 is 13.2 Å². The van der Waals surface area contributed by atoms with Gasteiger partial charge in [-0.15, -0.1) is 0 Å². The van der Waals surface area contributed by atoms with E-state index in [9.17, 15) is 8.42 Å². The third kappa shape index (κ3) is 4.38. The van der Waals surface area contributed by atoms with Crippen molar-refractivity contribution in [2.24, 2.45) is 0 Å². The average molecular weight is 360 g/mol. The molecule has 0 amide bonds. The van der Waals surface area contributed by atoms with Crippen LogP contribution in [0.4, 0.5) is 0 Å². The molecule has 25 heavy (non-hydrogen) atoms. The van der Waals surface area contributed by atoms with Gasteiger partial charge in [0, 0.05) is 31.5 Å². The normalized spacial score (nSPS) is 18.9. The van der Waals surface area contributed by atoms with Crippen LogP contribution in [0.5, 0.6) is 5.75 Å². The van der Waals surface area contributed by atoms with Crippen LogP contribution in [0.1, 0.15) is 30.0 Å². The lowest BCUT2D eigenvalue weighted by atomic mass is 9.94. The summed E-state index contributed by atoms with van der Waals surface area (Å²) in [6.07, 6.45) is 4.96. The highest BCUT2D eigenvalue weighted by Crippen LogP contribution is 2.30. The zero-order valence-electron chi connectivity index (χ0n) is 14.7. The first-order chi connectivity index (χ1) is 12.0. The van der Waals surface area contributed by atoms with E-state index in [-0.39, 0.29) is 5.92 Å². The first-order valence-corrected chi connectivity index (χ1v) is 10.4.